The van der Waals surface area contributed by atoms with Crippen LogP contribution in [0.1, 0.15) is 163 Å². The first kappa shape index (κ1) is 55.1. The second kappa shape index (κ2) is 34.9. The summed E-state index contributed by atoms with van der Waals surface area (Å²) in [5, 5.41) is 10.2. The summed E-state index contributed by atoms with van der Waals surface area (Å²) < 4.78 is 65.0. The van der Waals surface area contributed by atoms with E-state index in [0.29, 0.717) is 12.8 Å². The molecular formula is C38H72O17P2. The van der Waals surface area contributed by atoms with Gasteiger partial charge in [0.25, 0.3) is 0 Å². The summed E-state index contributed by atoms with van der Waals surface area (Å²) in [7, 11) is -9.77. The molecule has 19 heteroatoms. The average Bonchev–Trinajstić information content (AvgIpc) is 3.18. The van der Waals surface area contributed by atoms with Crippen LogP contribution in [0.2, 0.25) is 0 Å². The Hall–Kier alpha value is -1.94. The van der Waals surface area contributed by atoms with Gasteiger partial charge in [0.1, 0.15) is 19.3 Å². The predicted molar refractivity (Wildman–Crippen MR) is 211 cm³/mol. The summed E-state index contributed by atoms with van der Waals surface area (Å²) in [6.45, 7) is 3.42. The van der Waals surface area contributed by atoms with Crippen molar-refractivity contribution in [1.29, 1.82) is 0 Å². The normalized spacial score (nSPS) is 15.1. The van der Waals surface area contributed by atoms with Gasteiger partial charge in [0, 0.05) is 25.7 Å². The number of hydrogen-bond donors (Lipinski definition) is 3. The minimum absolute atomic E-state index is 0.0504. The number of carbonyl (C=O) groups is 4. The van der Waals surface area contributed by atoms with Crippen LogP contribution >= 0.6 is 15.6 Å². The monoisotopic (exact) mass is 862 g/mol. The molecule has 5 atom stereocenters. The number of rotatable bonds is 39. The molecule has 0 aromatic rings. The van der Waals surface area contributed by atoms with E-state index in [0.717, 1.165) is 64.2 Å². The standard InChI is InChI=1S/C38H72O17P2/c1-5-9-11-13-15-16-17-19-21-23-25-38(43)55-34(29-49-36(41)8-4)31-53-57(46,47)51-27-32(39)26-50-56(44,45)52-30-33(28-48-35(40)7-3)54-37(42)24-22-20-18-14-12-10-6-2/h32-34,39H,5-31H2,1-4H3,(H,44,45)(H,46,47)/t32-,33+,34+/m0/s1. The summed E-state index contributed by atoms with van der Waals surface area (Å²) in [6, 6.07) is 0. The Morgan fingerprint density at radius 2 is 0.737 bits per heavy atom. The molecule has 17 nitrogen and oxygen atoms in total. The molecule has 0 saturated heterocycles. The van der Waals surface area contributed by atoms with Gasteiger partial charge in [-0.3, -0.25) is 37.3 Å². The molecule has 0 spiro atoms. The molecular weight excluding hydrogens is 790 g/mol. The predicted octanol–water partition coefficient (Wildman–Crippen LogP) is 7.80. The van der Waals surface area contributed by atoms with E-state index in [-0.39, 0.29) is 25.7 Å². The average molecular weight is 863 g/mol. The third-order valence-electron chi connectivity index (χ3n) is 8.46. The van der Waals surface area contributed by atoms with E-state index in [4.69, 9.17) is 37.0 Å². The first-order chi connectivity index (χ1) is 27.2. The maximum Gasteiger partial charge on any atom is 0.472 e. The summed E-state index contributed by atoms with van der Waals surface area (Å²) in [5.74, 6) is -2.37. The lowest BCUT2D eigenvalue weighted by Crippen LogP contribution is -2.30. The van der Waals surface area contributed by atoms with Gasteiger partial charge in [0.15, 0.2) is 12.2 Å². The summed E-state index contributed by atoms with van der Waals surface area (Å²) in [6.07, 6.45) is 13.8. The highest BCUT2D eigenvalue weighted by Gasteiger charge is 2.30. The third-order valence-corrected chi connectivity index (χ3v) is 10.4. The van der Waals surface area contributed by atoms with Crippen LogP contribution in [0.15, 0.2) is 0 Å². The Morgan fingerprint density at radius 1 is 0.439 bits per heavy atom. The van der Waals surface area contributed by atoms with Crippen LogP contribution in [-0.2, 0) is 65.4 Å². The van der Waals surface area contributed by atoms with Crippen LogP contribution in [0.5, 0.6) is 0 Å². The van der Waals surface area contributed by atoms with Gasteiger partial charge >= 0.3 is 39.5 Å². The van der Waals surface area contributed by atoms with Crippen molar-refractivity contribution in [2.75, 3.05) is 39.6 Å². The fourth-order valence-electron chi connectivity index (χ4n) is 5.12. The fraction of sp³-hybridized carbons (Fsp3) is 0.895. The molecule has 0 aliphatic rings. The summed E-state index contributed by atoms with van der Waals surface area (Å²) in [4.78, 5) is 68.4. The van der Waals surface area contributed by atoms with Crippen LogP contribution in [-0.4, -0.2) is 96.7 Å². The molecule has 0 amide bonds. The lowest BCUT2D eigenvalue weighted by atomic mass is 10.1. The van der Waals surface area contributed by atoms with Crippen LogP contribution in [0.4, 0.5) is 0 Å². The maximum absolute atomic E-state index is 12.5. The molecule has 0 aliphatic heterocycles. The van der Waals surface area contributed by atoms with E-state index in [1.165, 1.54) is 32.1 Å². The second-order valence-electron chi connectivity index (χ2n) is 13.9. The van der Waals surface area contributed by atoms with E-state index in [9.17, 15) is 43.2 Å². The molecule has 0 aromatic carbocycles. The molecule has 0 aliphatic carbocycles. The van der Waals surface area contributed by atoms with Gasteiger partial charge in [0.2, 0.25) is 0 Å². The molecule has 0 aromatic heterocycles. The van der Waals surface area contributed by atoms with Crippen LogP contribution < -0.4 is 0 Å². The van der Waals surface area contributed by atoms with E-state index < -0.39 is 97.5 Å². The minimum atomic E-state index is -4.88. The van der Waals surface area contributed by atoms with Crippen molar-refractivity contribution in [3.63, 3.8) is 0 Å². The van der Waals surface area contributed by atoms with Gasteiger partial charge in [-0.2, -0.15) is 0 Å². The number of esters is 4. The molecule has 0 fully saturated rings. The van der Waals surface area contributed by atoms with Crippen LogP contribution in [0.3, 0.4) is 0 Å². The SMILES string of the molecule is CCCCCCCCCCCCC(=O)O[C@H](COC(=O)CC)COP(=O)(O)OC[C@@H](O)COP(=O)(O)OC[C@@H](COC(=O)CC)OC(=O)CCCCCCCCC. The van der Waals surface area contributed by atoms with Gasteiger partial charge in [0.05, 0.1) is 26.4 Å². The highest BCUT2D eigenvalue weighted by atomic mass is 31.2. The molecule has 0 saturated carbocycles. The molecule has 0 bridgehead atoms. The number of ether oxygens (including phenoxy) is 4. The number of hydrogen-bond acceptors (Lipinski definition) is 15. The summed E-state index contributed by atoms with van der Waals surface area (Å²) in [5.41, 5.74) is 0. The highest BCUT2D eigenvalue weighted by molar-refractivity contribution is 7.47. The lowest BCUT2D eigenvalue weighted by molar-refractivity contribution is -0.161. The van der Waals surface area contributed by atoms with Gasteiger partial charge in [-0.05, 0) is 12.8 Å². The molecule has 0 rings (SSSR count). The topological polar surface area (TPSA) is 237 Å². The first-order valence-electron chi connectivity index (χ1n) is 20.8. The van der Waals surface area contributed by atoms with Crippen molar-refractivity contribution in [1.82, 2.24) is 0 Å². The van der Waals surface area contributed by atoms with Crippen molar-refractivity contribution >= 4 is 39.5 Å². The largest absolute Gasteiger partial charge is 0.472 e. The van der Waals surface area contributed by atoms with Gasteiger partial charge < -0.3 is 33.8 Å². The quantitative estimate of drug-likeness (QED) is 0.0231. The summed E-state index contributed by atoms with van der Waals surface area (Å²) >= 11 is 0. The van der Waals surface area contributed by atoms with Gasteiger partial charge in [-0.1, -0.05) is 124 Å². The van der Waals surface area contributed by atoms with Crippen molar-refractivity contribution in [2.45, 2.75) is 181 Å². The molecule has 0 radical (unpaired) electrons. The molecule has 57 heavy (non-hydrogen) atoms. The number of aliphatic hydroxyl groups excluding tert-OH is 1. The number of aliphatic hydroxyl groups is 1. The second-order valence-corrected chi connectivity index (χ2v) is 16.8. The lowest BCUT2D eigenvalue weighted by Gasteiger charge is -2.21. The van der Waals surface area contributed by atoms with E-state index in [2.05, 4.69) is 13.8 Å². The number of phosphoric ester groups is 2. The van der Waals surface area contributed by atoms with Crippen molar-refractivity contribution in [3.05, 3.63) is 0 Å². The van der Waals surface area contributed by atoms with Crippen LogP contribution in [0, 0.1) is 0 Å². The van der Waals surface area contributed by atoms with Gasteiger partial charge in [-0.15, -0.1) is 0 Å². The molecule has 0 heterocycles. The van der Waals surface area contributed by atoms with E-state index in [1.54, 1.807) is 13.8 Å². The van der Waals surface area contributed by atoms with Crippen molar-refractivity contribution in [3.8, 4) is 0 Å². The Balaban J connectivity index is 4.80. The number of unbranched alkanes of at least 4 members (excludes halogenated alkanes) is 15. The number of carbonyl (C=O) groups excluding carboxylic acids is 4. The fourth-order valence-corrected chi connectivity index (χ4v) is 6.70. The highest BCUT2D eigenvalue weighted by Crippen LogP contribution is 2.45. The molecule has 2 unspecified atom stereocenters. The zero-order valence-electron chi connectivity index (χ0n) is 34.8. The van der Waals surface area contributed by atoms with Crippen molar-refractivity contribution in [2.24, 2.45) is 0 Å². The van der Waals surface area contributed by atoms with Crippen molar-refractivity contribution < 1.29 is 80.2 Å². The minimum Gasteiger partial charge on any atom is -0.462 e. The zero-order valence-corrected chi connectivity index (χ0v) is 36.6. The van der Waals surface area contributed by atoms with Crippen LogP contribution in [0.25, 0.3) is 0 Å². The first-order valence-corrected chi connectivity index (χ1v) is 23.8. The van der Waals surface area contributed by atoms with Gasteiger partial charge in [-0.25, -0.2) is 9.13 Å². The molecule has 3 N–H and O–H groups in total. The molecule has 336 valence electrons. The Morgan fingerprint density at radius 3 is 1.05 bits per heavy atom. The zero-order chi connectivity index (χ0) is 42.8. The number of phosphoric acid groups is 2. The Bertz CT molecular complexity index is 1170. The van der Waals surface area contributed by atoms with E-state index in [1.807, 2.05) is 0 Å². The Labute approximate surface area is 339 Å². The Kier molecular flexibility index (Phi) is 33.7. The van der Waals surface area contributed by atoms with E-state index >= 15 is 0 Å². The maximum atomic E-state index is 12.5. The third kappa shape index (κ3) is 34.6. The smallest absolute Gasteiger partial charge is 0.462 e.